The molecule has 0 bridgehead atoms. The minimum absolute atomic E-state index is 0.155. The molecule has 0 aliphatic heterocycles. The number of rotatable bonds is 2. The number of alkyl halides is 1. The predicted octanol–water partition coefficient (Wildman–Crippen LogP) is 0.650. The normalized spacial score (nSPS) is 9.55. The van der Waals surface area contributed by atoms with Crippen LogP contribution in [0.4, 0.5) is 4.39 Å². The second-order valence-corrected chi connectivity index (χ2v) is 2.05. The van der Waals surface area contributed by atoms with Gasteiger partial charge in [-0.2, -0.15) is 0 Å². The average molecular weight is 154 g/mol. The molecule has 2 N–H and O–H groups in total. The van der Waals surface area contributed by atoms with E-state index in [1.807, 2.05) is 0 Å². The number of aromatic nitrogens is 1. The van der Waals surface area contributed by atoms with Crippen molar-refractivity contribution in [3.8, 4) is 0 Å². The first kappa shape index (κ1) is 7.65. The molecule has 0 unspecified atom stereocenters. The fraction of sp³-hybridized carbons (Fsp3) is 0.143. The lowest BCUT2D eigenvalue weighted by Gasteiger charge is -1.94. The van der Waals surface area contributed by atoms with Gasteiger partial charge in [-0.3, -0.25) is 9.78 Å². The molecular weight excluding hydrogens is 147 g/mol. The van der Waals surface area contributed by atoms with Gasteiger partial charge >= 0.3 is 0 Å². The molecule has 0 saturated heterocycles. The van der Waals surface area contributed by atoms with Crippen molar-refractivity contribution < 1.29 is 9.18 Å². The molecular formula is C7H7FN2O. The molecule has 1 rings (SSSR count). The molecule has 11 heavy (non-hydrogen) atoms. The highest BCUT2D eigenvalue weighted by atomic mass is 19.1. The lowest BCUT2D eigenvalue weighted by Crippen LogP contribution is -2.12. The number of nitrogens with two attached hydrogens (primary N) is 1. The maximum absolute atomic E-state index is 11.9. The molecule has 0 aromatic carbocycles. The van der Waals surface area contributed by atoms with E-state index in [0.717, 1.165) is 0 Å². The summed E-state index contributed by atoms with van der Waals surface area (Å²) in [6, 6.07) is 2.88. The fourth-order valence-corrected chi connectivity index (χ4v) is 0.649. The van der Waals surface area contributed by atoms with Crippen LogP contribution in [0.2, 0.25) is 0 Å². The van der Waals surface area contributed by atoms with Gasteiger partial charge in [-0.15, -0.1) is 0 Å². The van der Waals surface area contributed by atoms with E-state index in [4.69, 9.17) is 5.73 Å². The van der Waals surface area contributed by atoms with Crippen molar-refractivity contribution in [3.63, 3.8) is 0 Å². The van der Waals surface area contributed by atoms with E-state index in [1.54, 1.807) is 0 Å². The summed E-state index contributed by atoms with van der Waals surface area (Å²) in [5.41, 5.74) is 5.50. The SMILES string of the molecule is NC(=O)c1ccc(CF)cn1. The van der Waals surface area contributed by atoms with Crippen LogP contribution in [0.15, 0.2) is 18.3 Å². The van der Waals surface area contributed by atoms with Crippen molar-refractivity contribution in [2.75, 3.05) is 0 Å². The predicted molar refractivity (Wildman–Crippen MR) is 37.6 cm³/mol. The van der Waals surface area contributed by atoms with Crippen LogP contribution in [0.3, 0.4) is 0 Å². The topological polar surface area (TPSA) is 56.0 Å². The van der Waals surface area contributed by atoms with Crippen molar-refractivity contribution in [1.29, 1.82) is 0 Å². The lowest BCUT2D eigenvalue weighted by atomic mass is 10.2. The Kier molecular flexibility index (Phi) is 2.15. The molecule has 58 valence electrons. The molecule has 0 spiro atoms. The average Bonchev–Trinajstić information content (AvgIpc) is 2.05. The van der Waals surface area contributed by atoms with Gasteiger partial charge in [0.2, 0.25) is 0 Å². The Labute approximate surface area is 63.0 Å². The summed E-state index contributed by atoms with van der Waals surface area (Å²) in [7, 11) is 0. The summed E-state index contributed by atoms with van der Waals surface area (Å²) in [5.74, 6) is -0.601. The molecule has 0 radical (unpaired) electrons. The van der Waals surface area contributed by atoms with E-state index in [9.17, 15) is 9.18 Å². The van der Waals surface area contributed by atoms with E-state index in [2.05, 4.69) is 4.98 Å². The third kappa shape index (κ3) is 1.73. The summed E-state index contributed by atoms with van der Waals surface area (Å²) in [6.45, 7) is -0.577. The number of primary amides is 1. The van der Waals surface area contributed by atoms with Gasteiger partial charge < -0.3 is 5.73 Å². The van der Waals surface area contributed by atoms with Gasteiger partial charge in [0.05, 0.1) is 0 Å². The standard InChI is InChI=1S/C7H7FN2O/c8-3-5-1-2-6(7(9)11)10-4-5/h1-2,4H,3H2,(H2,9,11). The highest BCUT2D eigenvalue weighted by Crippen LogP contribution is 2.00. The molecule has 0 fully saturated rings. The molecule has 1 heterocycles. The van der Waals surface area contributed by atoms with Crippen molar-refractivity contribution in [1.82, 2.24) is 4.98 Å². The second kappa shape index (κ2) is 3.09. The zero-order valence-electron chi connectivity index (χ0n) is 5.75. The minimum Gasteiger partial charge on any atom is -0.364 e. The second-order valence-electron chi connectivity index (χ2n) is 2.05. The van der Waals surface area contributed by atoms with Crippen LogP contribution in [0.25, 0.3) is 0 Å². The Hall–Kier alpha value is -1.45. The summed E-state index contributed by atoms with van der Waals surface area (Å²) in [5, 5.41) is 0. The van der Waals surface area contributed by atoms with Crippen LogP contribution in [0, 0.1) is 0 Å². The van der Waals surface area contributed by atoms with E-state index in [0.29, 0.717) is 5.56 Å². The van der Waals surface area contributed by atoms with E-state index >= 15 is 0 Å². The summed E-state index contributed by atoms with van der Waals surface area (Å²) in [6.07, 6.45) is 1.29. The van der Waals surface area contributed by atoms with Crippen LogP contribution >= 0.6 is 0 Å². The molecule has 1 amide bonds. The molecule has 1 aromatic rings. The Morgan fingerprint density at radius 2 is 2.36 bits per heavy atom. The molecule has 1 aromatic heterocycles. The van der Waals surface area contributed by atoms with Crippen LogP contribution in [-0.4, -0.2) is 10.9 Å². The number of amides is 1. The van der Waals surface area contributed by atoms with Crippen LogP contribution in [0.1, 0.15) is 16.1 Å². The van der Waals surface area contributed by atoms with E-state index < -0.39 is 12.6 Å². The lowest BCUT2D eigenvalue weighted by molar-refractivity contribution is 0.0995. The monoisotopic (exact) mass is 154 g/mol. The molecule has 4 heteroatoms. The smallest absolute Gasteiger partial charge is 0.267 e. The fourth-order valence-electron chi connectivity index (χ4n) is 0.649. The van der Waals surface area contributed by atoms with E-state index in [-0.39, 0.29) is 5.69 Å². The van der Waals surface area contributed by atoms with Gasteiger partial charge in [-0.05, 0) is 6.07 Å². The molecule has 0 aliphatic carbocycles. The maximum atomic E-state index is 11.9. The first-order valence-corrected chi connectivity index (χ1v) is 3.04. The molecule has 0 aliphatic rings. The largest absolute Gasteiger partial charge is 0.364 e. The number of carbonyl (C=O) groups excluding carboxylic acids is 1. The molecule has 0 atom stereocenters. The Bertz CT molecular complexity index is 258. The first-order chi connectivity index (χ1) is 5.24. The highest BCUT2D eigenvalue weighted by molar-refractivity contribution is 5.90. The minimum atomic E-state index is -0.601. The number of carbonyl (C=O) groups is 1. The maximum Gasteiger partial charge on any atom is 0.267 e. The molecule has 0 saturated carbocycles. The van der Waals surface area contributed by atoms with Gasteiger partial charge in [-0.1, -0.05) is 6.07 Å². The zero-order valence-corrected chi connectivity index (χ0v) is 5.75. The first-order valence-electron chi connectivity index (χ1n) is 3.04. The van der Waals surface area contributed by atoms with Gasteiger partial charge in [0, 0.05) is 11.8 Å². The van der Waals surface area contributed by atoms with Crippen LogP contribution in [0.5, 0.6) is 0 Å². The van der Waals surface area contributed by atoms with Crippen molar-refractivity contribution in [2.45, 2.75) is 6.67 Å². The van der Waals surface area contributed by atoms with Crippen molar-refractivity contribution in [2.24, 2.45) is 5.73 Å². The number of hydrogen-bond acceptors (Lipinski definition) is 2. The number of halogens is 1. The van der Waals surface area contributed by atoms with E-state index in [1.165, 1.54) is 18.3 Å². The van der Waals surface area contributed by atoms with Gasteiger partial charge in [0.1, 0.15) is 12.4 Å². The van der Waals surface area contributed by atoms with Gasteiger partial charge in [0.15, 0.2) is 0 Å². The summed E-state index contributed by atoms with van der Waals surface area (Å²) in [4.78, 5) is 14.1. The van der Waals surface area contributed by atoms with Crippen LogP contribution < -0.4 is 5.73 Å². The van der Waals surface area contributed by atoms with Crippen LogP contribution in [-0.2, 0) is 6.67 Å². The Morgan fingerprint density at radius 1 is 1.64 bits per heavy atom. The Balaban J connectivity index is 2.91. The summed E-state index contributed by atoms with van der Waals surface area (Å²) >= 11 is 0. The van der Waals surface area contributed by atoms with Gasteiger partial charge in [-0.25, -0.2) is 4.39 Å². The Morgan fingerprint density at radius 3 is 2.73 bits per heavy atom. The molecule has 3 nitrogen and oxygen atoms in total. The van der Waals surface area contributed by atoms with Crippen molar-refractivity contribution >= 4 is 5.91 Å². The number of hydrogen-bond donors (Lipinski definition) is 1. The van der Waals surface area contributed by atoms with Crippen molar-refractivity contribution in [3.05, 3.63) is 29.6 Å². The number of nitrogens with zero attached hydrogens (tertiary/aromatic N) is 1. The summed E-state index contributed by atoms with van der Waals surface area (Å²) < 4.78 is 11.9. The van der Waals surface area contributed by atoms with Gasteiger partial charge in [0.25, 0.3) is 5.91 Å². The highest BCUT2D eigenvalue weighted by Gasteiger charge is 2.00. The number of pyridine rings is 1. The third-order valence-electron chi connectivity index (χ3n) is 1.23. The quantitative estimate of drug-likeness (QED) is 0.679. The third-order valence-corrected chi connectivity index (χ3v) is 1.23. The zero-order chi connectivity index (χ0) is 8.27.